The van der Waals surface area contributed by atoms with E-state index in [-0.39, 0.29) is 0 Å². The standard InChI is InChI=1S/C17H25N3O/c1-2-3-13-21-17-11-10-16(19-20-17)15-8-6-14(7-9-15)5-4-12-18/h10-11,14-15H,2-9,13H2,1H3/t14-,15-. The summed E-state index contributed by atoms with van der Waals surface area (Å²) < 4.78 is 5.55. The van der Waals surface area contributed by atoms with E-state index < -0.39 is 0 Å². The Kier molecular flexibility index (Phi) is 6.46. The molecule has 0 atom stereocenters. The molecule has 1 heterocycles. The minimum Gasteiger partial charge on any atom is -0.477 e. The second-order valence-corrected chi connectivity index (χ2v) is 5.91. The van der Waals surface area contributed by atoms with Gasteiger partial charge in [-0.1, -0.05) is 13.3 Å². The highest BCUT2D eigenvalue weighted by atomic mass is 16.5. The Labute approximate surface area is 127 Å². The number of unbranched alkanes of at least 4 members (excludes halogenated alkanes) is 1. The van der Waals surface area contributed by atoms with E-state index in [0.717, 1.165) is 30.9 Å². The maximum absolute atomic E-state index is 8.65. The zero-order chi connectivity index (χ0) is 14.9. The molecule has 21 heavy (non-hydrogen) atoms. The molecule has 0 aliphatic heterocycles. The summed E-state index contributed by atoms with van der Waals surface area (Å²) in [6.45, 7) is 2.86. The van der Waals surface area contributed by atoms with Crippen molar-refractivity contribution in [3.05, 3.63) is 17.8 Å². The molecule has 1 aliphatic rings. The van der Waals surface area contributed by atoms with Crippen LogP contribution in [0.3, 0.4) is 0 Å². The number of hydrogen-bond donors (Lipinski definition) is 0. The molecule has 1 fully saturated rings. The first-order chi connectivity index (χ1) is 10.3. The van der Waals surface area contributed by atoms with Crippen LogP contribution in [0.5, 0.6) is 5.88 Å². The Balaban J connectivity index is 1.79. The Morgan fingerprint density at radius 3 is 2.67 bits per heavy atom. The maximum atomic E-state index is 8.65. The van der Waals surface area contributed by atoms with Gasteiger partial charge in [0.15, 0.2) is 0 Å². The van der Waals surface area contributed by atoms with Gasteiger partial charge in [0.25, 0.3) is 0 Å². The minimum absolute atomic E-state index is 0.528. The molecule has 1 aromatic rings. The Hall–Kier alpha value is -1.63. The van der Waals surface area contributed by atoms with Crippen molar-refractivity contribution in [1.82, 2.24) is 10.2 Å². The van der Waals surface area contributed by atoms with Crippen LogP contribution in [0.4, 0.5) is 0 Å². The van der Waals surface area contributed by atoms with Crippen molar-refractivity contribution in [2.75, 3.05) is 6.61 Å². The Morgan fingerprint density at radius 2 is 2.05 bits per heavy atom. The topological polar surface area (TPSA) is 58.8 Å². The van der Waals surface area contributed by atoms with Crippen LogP contribution in [0.2, 0.25) is 0 Å². The van der Waals surface area contributed by atoms with E-state index in [0.29, 0.717) is 24.8 Å². The molecule has 0 saturated heterocycles. The Morgan fingerprint density at radius 1 is 1.24 bits per heavy atom. The van der Waals surface area contributed by atoms with Gasteiger partial charge >= 0.3 is 0 Å². The van der Waals surface area contributed by atoms with Crippen molar-refractivity contribution in [2.24, 2.45) is 5.92 Å². The van der Waals surface area contributed by atoms with Crippen LogP contribution in [0.25, 0.3) is 0 Å². The average molecular weight is 287 g/mol. The summed E-state index contributed by atoms with van der Waals surface area (Å²) in [5.74, 6) is 1.89. The van der Waals surface area contributed by atoms with Crippen molar-refractivity contribution in [2.45, 2.75) is 64.2 Å². The van der Waals surface area contributed by atoms with Crippen molar-refractivity contribution in [3.63, 3.8) is 0 Å². The van der Waals surface area contributed by atoms with Crippen molar-refractivity contribution < 1.29 is 4.74 Å². The van der Waals surface area contributed by atoms with Crippen LogP contribution in [0, 0.1) is 17.2 Å². The molecule has 0 spiro atoms. The van der Waals surface area contributed by atoms with E-state index in [1.54, 1.807) is 0 Å². The lowest BCUT2D eigenvalue weighted by atomic mass is 9.79. The lowest BCUT2D eigenvalue weighted by molar-refractivity contribution is 0.289. The largest absolute Gasteiger partial charge is 0.477 e. The smallest absolute Gasteiger partial charge is 0.233 e. The highest BCUT2D eigenvalue weighted by molar-refractivity contribution is 5.15. The molecule has 2 rings (SSSR count). The molecule has 0 radical (unpaired) electrons. The second-order valence-electron chi connectivity index (χ2n) is 5.91. The van der Waals surface area contributed by atoms with E-state index in [4.69, 9.17) is 10.00 Å². The summed E-state index contributed by atoms with van der Waals surface area (Å²) in [6, 6.07) is 6.26. The molecular weight excluding hydrogens is 262 g/mol. The summed E-state index contributed by atoms with van der Waals surface area (Å²) in [4.78, 5) is 0. The molecule has 0 N–H and O–H groups in total. The number of nitrogens with zero attached hydrogens (tertiary/aromatic N) is 3. The van der Waals surface area contributed by atoms with Gasteiger partial charge in [-0.25, -0.2) is 0 Å². The molecule has 0 bridgehead atoms. The number of aromatic nitrogens is 2. The normalized spacial score (nSPS) is 21.7. The number of rotatable bonds is 7. The Bertz CT molecular complexity index is 444. The fourth-order valence-electron chi connectivity index (χ4n) is 2.96. The molecular formula is C17H25N3O. The van der Waals surface area contributed by atoms with Gasteiger partial charge in [-0.2, -0.15) is 10.4 Å². The van der Waals surface area contributed by atoms with Gasteiger partial charge in [-0.05, 0) is 50.5 Å². The van der Waals surface area contributed by atoms with Crippen LogP contribution >= 0.6 is 0 Å². The van der Waals surface area contributed by atoms with Gasteiger partial charge < -0.3 is 4.74 Å². The first-order valence-corrected chi connectivity index (χ1v) is 8.16. The SMILES string of the molecule is CCCCOc1ccc([C@H]2CC[C@H](CCC#N)CC2)nn1. The predicted molar refractivity (Wildman–Crippen MR) is 82.0 cm³/mol. The van der Waals surface area contributed by atoms with Crippen LogP contribution in [0.1, 0.15) is 69.9 Å². The molecule has 1 aromatic heterocycles. The molecule has 114 valence electrons. The fraction of sp³-hybridized carbons (Fsp3) is 0.706. The lowest BCUT2D eigenvalue weighted by Crippen LogP contribution is -2.14. The zero-order valence-electron chi connectivity index (χ0n) is 12.9. The van der Waals surface area contributed by atoms with Crippen LogP contribution in [-0.2, 0) is 0 Å². The quantitative estimate of drug-likeness (QED) is 0.704. The van der Waals surface area contributed by atoms with Crippen LogP contribution in [0.15, 0.2) is 12.1 Å². The lowest BCUT2D eigenvalue weighted by Gasteiger charge is -2.27. The van der Waals surface area contributed by atoms with Crippen molar-refractivity contribution in [1.29, 1.82) is 5.26 Å². The summed E-state index contributed by atoms with van der Waals surface area (Å²) in [5, 5.41) is 17.2. The second kappa shape index (κ2) is 8.61. The van der Waals surface area contributed by atoms with E-state index in [1.165, 1.54) is 25.7 Å². The number of nitriles is 1. The first kappa shape index (κ1) is 15.8. The molecule has 1 aliphatic carbocycles. The first-order valence-electron chi connectivity index (χ1n) is 8.16. The summed E-state index contributed by atoms with van der Waals surface area (Å²) in [6.07, 6.45) is 8.68. The molecule has 1 saturated carbocycles. The third kappa shape index (κ3) is 5.00. The van der Waals surface area contributed by atoms with E-state index in [1.807, 2.05) is 6.07 Å². The van der Waals surface area contributed by atoms with Gasteiger partial charge in [0.1, 0.15) is 0 Å². The monoisotopic (exact) mass is 287 g/mol. The third-order valence-corrected chi connectivity index (χ3v) is 4.34. The molecule has 4 heteroatoms. The summed E-state index contributed by atoms with van der Waals surface area (Å²) >= 11 is 0. The molecule has 4 nitrogen and oxygen atoms in total. The van der Waals surface area contributed by atoms with Gasteiger partial charge in [0, 0.05) is 18.4 Å². The van der Waals surface area contributed by atoms with E-state index in [9.17, 15) is 0 Å². The molecule has 0 unspecified atom stereocenters. The average Bonchev–Trinajstić information content (AvgIpc) is 2.54. The van der Waals surface area contributed by atoms with E-state index >= 15 is 0 Å². The predicted octanol–water partition coefficient (Wildman–Crippen LogP) is 4.23. The minimum atomic E-state index is 0.528. The van der Waals surface area contributed by atoms with Gasteiger partial charge in [-0.3, -0.25) is 0 Å². The third-order valence-electron chi connectivity index (χ3n) is 4.34. The van der Waals surface area contributed by atoms with E-state index in [2.05, 4.69) is 29.3 Å². The van der Waals surface area contributed by atoms with Crippen molar-refractivity contribution >= 4 is 0 Å². The van der Waals surface area contributed by atoms with Crippen LogP contribution in [-0.4, -0.2) is 16.8 Å². The molecule has 0 aromatic carbocycles. The summed E-state index contributed by atoms with van der Waals surface area (Å²) in [7, 11) is 0. The van der Waals surface area contributed by atoms with Crippen LogP contribution < -0.4 is 4.74 Å². The number of hydrogen-bond acceptors (Lipinski definition) is 4. The fourth-order valence-corrected chi connectivity index (χ4v) is 2.96. The van der Waals surface area contributed by atoms with Gasteiger partial charge in [0.05, 0.1) is 18.4 Å². The van der Waals surface area contributed by atoms with Crippen molar-refractivity contribution in [3.8, 4) is 11.9 Å². The number of ether oxygens (including phenoxy) is 1. The highest BCUT2D eigenvalue weighted by Gasteiger charge is 2.23. The molecule has 0 amide bonds. The maximum Gasteiger partial charge on any atom is 0.233 e. The van der Waals surface area contributed by atoms with Gasteiger partial charge in [-0.15, -0.1) is 5.10 Å². The highest BCUT2D eigenvalue weighted by Crippen LogP contribution is 2.36. The zero-order valence-corrected chi connectivity index (χ0v) is 12.9. The summed E-state index contributed by atoms with van der Waals surface area (Å²) in [5.41, 5.74) is 1.09. The van der Waals surface area contributed by atoms with Gasteiger partial charge in [0.2, 0.25) is 5.88 Å².